The molecule has 0 saturated heterocycles. The smallest absolute Gasteiger partial charge is 0.123 e. The molecule has 0 amide bonds. The Labute approximate surface area is 87.7 Å². The Balaban J connectivity index is 2.76. The normalized spacial score (nSPS) is 10.4. The van der Waals surface area contributed by atoms with Crippen molar-refractivity contribution < 1.29 is 4.39 Å². The molecule has 0 fully saturated rings. The fourth-order valence-electron chi connectivity index (χ4n) is 1.21. The minimum absolute atomic E-state index is 0.220. The summed E-state index contributed by atoms with van der Waals surface area (Å²) in [6, 6.07) is 4.91. The molecular weight excluding hydrogens is 210 g/mol. The molecule has 0 radical (unpaired) electrons. The monoisotopic (exact) mass is 220 g/mol. The molecule has 0 spiro atoms. The van der Waals surface area contributed by atoms with Crippen LogP contribution < -0.4 is 0 Å². The molecule has 13 heavy (non-hydrogen) atoms. The first-order valence-electron chi connectivity index (χ1n) is 4.16. The lowest BCUT2D eigenvalue weighted by molar-refractivity contribution is 0.623. The number of hydrogen-bond donors (Lipinski definition) is 0. The van der Waals surface area contributed by atoms with Crippen molar-refractivity contribution in [1.29, 1.82) is 0 Å². The maximum atomic E-state index is 13.0. The summed E-state index contributed by atoms with van der Waals surface area (Å²) in [5, 5.41) is 0. The molecule has 0 atom stereocenters. The Morgan fingerprint density at radius 1 is 1.08 bits per heavy atom. The zero-order valence-corrected chi connectivity index (χ0v) is 8.71. The van der Waals surface area contributed by atoms with Crippen LogP contribution in [-0.2, 0) is 12.3 Å². The van der Waals surface area contributed by atoms with E-state index in [0.29, 0.717) is 11.8 Å². The summed E-state index contributed by atoms with van der Waals surface area (Å²) in [4.78, 5) is 0. The van der Waals surface area contributed by atoms with Crippen LogP contribution >= 0.6 is 23.2 Å². The van der Waals surface area contributed by atoms with Crippen molar-refractivity contribution in [3.8, 4) is 0 Å². The van der Waals surface area contributed by atoms with Crippen LogP contribution in [0.3, 0.4) is 0 Å². The Morgan fingerprint density at radius 2 is 1.77 bits per heavy atom. The van der Waals surface area contributed by atoms with E-state index in [4.69, 9.17) is 23.2 Å². The Hall–Kier alpha value is -0.270. The van der Waals surface area contributed by atoms with Crippen LogP contribution in [0.4, 0.5) is 4.39 Å². The molecule has 0 heterocycles. The van der Waals surface area contributed by atoms with Gasteiger partial charge in [-0.25, -0.2) is 4.39 Å². The van der Waals surface area contributed by atoms with Crippen molar-refractivity contribution in [1.82, 2.24) is 0 Å². The highest BCUT2D eigenvalue weighted by Crippen LogP contribution is 2.13. The highest BCUT2D eigenvalue weighted by molar-refractivity contribution is 6.17. The average Bonchev–Trinajstić information content (AvgIpc) is 2.14. The summed E-state index contributed by atoms with van der Waals surface area (Å²) < 4.78 is 13.0. The van der Waals surface area contributed by atoms with E-state index in [1.165, 1.54) is 12.1 Å². The zero-order valence-electron chi connectivity index (χ0n) is 7.19. The molecule has 0 unspecified atom stereocenters. The highest BCUT2D eigenvalue weighted by Gasteiger charge is 1.99. The minimum Gasteiger partial charge on any atom is -0.207 e. The van der Waals surface area contributed by atoms with E-state index in [0.717, 1.165) is 24.0 Å². The van der Waals surface area contributed by atoms with E-state index in [1.54, 1.807) is 0 Å². The van der Waals surface area contributed by atoms with Crippen molar-refractivity contribution in [2.24, 2.45) is 0 Å². The Morgan fingerprint density at radius 3 is 2.38 bits per heavy atom. The maximum Gasteiger partial charge on any atom is 0.123 e. The number of benzene rings is 1. The standard InChI is InChI=1S/C10H11Cl2F/c11-3-1-2-8-4-9(7-12)6-10(13)5-8/h4-6H,1-3,7H2. The number of hydrogen-bond acceptors (Lipinski definition) is 0. The fourth-order valence-corrected chi connectivity index (χ4v) is 1.50. The van der Waals surface area contributed by atoms with Crippen molar-refractivity contribution in [2.45, 2.75) is 18.7 Å². The van der Waals surface area contributed by atoms with E-state index < -0.39 is 0 Å². The molecule has 0 nitrogen and oxygen atoms in total. The molecule has 1 aromatic carbocycles. The summed E-state index contributed by atoms with van der Waals surface area (Å²) in [6.07, 6.45) is 1.68. The molecule has 0 aliphatic rings. The maximum absolute atomic E-state index is 13.0. The summed E-state index contributed by atoms with van der Waals surface area (Å²) in [7, 11) is 0. The van der Waals surface area contributed by atoms with Gasteiger partial charge in [-0.2, -0.15) is 0 Å². The van der Waals surface area contributed by atoms with Gasteiger partial charge in [0.2, 0.25) is 0 Å². The van der Waals surface area contributed by atoms with E-state index >= 15 is 0 Å². The van der Waals surface area contributed by atoms with Gasteiger partial charge in [-0.1, -0.05) is 6.07 Å². The van der Waals surface area contributed by atoms with Crippen molar-refractivity contribution in [2.75, 3.05) is 5.88 Å². The van der Waals surface area contributed by atoms with Gasteiger partial charge in [0.15, 0.2) is 0 Å². The second-order valence-corrected chi connectivity index (χ2v) is 3.54. The number of halogens is 3. The lowest BCUT2D eigenvalue weighted by atomic mass is 10.1. The molecule has 0 N–H and O–H groups in total. The van der Waals surface area contributed by atoms with Crippen LogP contribution in [0.1, 0.15) is 17.5 Å². The van der Waals surface area contributed by atoms with Gasteiger partial charge in [0.05, 0.1) is 0 Å². The molecule has 0 aliphatic carbocycles. The first-order chi connectivity index (χ1) is 6.26. The van der Waals surface area contributed by atoms with E-state index in [1.807, 2.05) is 6.07 Å². The molecule has 3 heteroatoms. The first-order valence-corrected chi connectivity index (χ1v) is 5.23. The Kier molecular flexibility index (Phi) is 4.54. The van der Waals surface area contributed by atoms with Crippen molar-refractivity contribution in [3.05, 3.63) is 35.1 Å². The minimum atomic E-state index is -0.220. The molecule has 1 aromatic rings. The molecular formula is C10H11Cl2F. The van der Waals surface area contributed by atoms with Gasteiger partial charge in [0.25, 0.3) is 0 Å². The van der Waals surface area contributed by atoms with Crippen LogP contribution in [0.2, 0.25) is 0 Å². The third-order valence-corrected chi connectivity index (χ3v) is 2.35. The van der Waals surface area contributed by atoms with Gasteiger partial charge in [0.1, 0.15) is 5.82 Å². The Bertz CT molecular complexity index is 274. The van der Waals surface area contributed by atoms with Gasteiger partial charge >= 0.3 is 0 Å². The van der Waals surface area contributed by atoms with E-state index in [2.05, 4.69) is 0 Å². The summed E-state index contributed by atoms with van der Waals surface area (Å²) in [6.45, 7) is 0. The number of alkyl halides is 2. The number of aryl methyl sites for hydroxylation is 1. The van der Waals surface area contributed by atoms with Gasteiger partial charge in [-0.3, -0.25) is 0 Å². The molecule has 1 rings (SSSR count). The SMILES string of the molecule is Fc1cc(CCl)cc(CCCCl)c1. The fraction of sp³-hybridized carbons (Fsp3) is 0.400. The van der Waals surface area contributed by atoms with Crippen LogP contribution in [0.5, 0.6) is 0 Å². The van der Waals surface area contributed by atoms with Gasteiger partial charge in [0, 0.05) is 11.8 Å². The molecule has 0 aliphatic heterocycles. The average molecular weight is 221 g/mol. The van der Waals surface area contributed by atoms with Crippen LogP contribution in [0, 0.1) is 5.82 Å². The van der Waals surface area contributed by atoms with Crippen LogP contribution in [0.25, 0.3) is 0 Å². The quantitative estimate of drug-likeness (QED) is 0.679. The summed E-state index contributed by atoms with van der Waals surface area (Å²) >= 11 is 11.2. The lowest BCUT2D eigenvalue weighted by Crippen LogP contribution is -1.90. The molecule has 72 valence electrons. The number of rotatable bonds is 4. The molecule has 0 bridgehead atoms. The second kappa shape index (κ2) is 5.46. The predicted octanol–water partition coefficient (Wildman–Crippen LogP) is 3.74. The van der Waals surface area contributed by atoms with E-state index in [-0.39, 0.29) is 5.82 Å². The van der Waals surface area contributed by atoms with Crippen molar-refractivity contribution in [3.63, 3.8) is 0 Å². The third-order valence-electron chi connectivity index (χ3n) is 1.77. The van der Waals surface area contributed by atoms with Gasteiger partial charge in [-0.05, 0) is 36.1 Å². The van der Waals surface area contributed by atoms with Crippen LogP contribution in [-0.4, -0.2) is 5.88 Å². The van der Waals surface area contributed by atoms with Crippen molar-refractivity contribution >= 4 is 23.2 Å². The second-order valence-electron chi connectivity index (χ2n) is 2.89. The predicted molar refractivity (Wildman–Crippen MR) is 55.0 cm³/mol. The largest absolute Gasteiger partial charge is 0.207 e. The highest BCUT2D eigenvalue weighted by atomic mass is 35.5. The first kappa shape index (κ1) is 10.8. The van der Waals surface area contributed by atoms with E-state index in [9.17, 15) is 4.39 Å². The van der Waals surface area contributed by atoms with Crippen LogP contribution in [0.15, 0.2) is 18.2 Å². The van der Waals surface area contributed by atoms with Gasteiger partial charge in [-0.15, -0.1) is 23.2 Å². The zero-order chi connectivity index (χ0) is 9.68. The van der Waals surface area contributed by atoms with Gasteiger partial charge < -0.3 is 0 Å². The third kappa shape index (κ3) is 3.53. The molecule has 0 aromatic heterocycles. The lowest BCUT2D eigenvalue weighted by Gasteiger charge is -2.02. The topological polar surface area (TPSA) is 0 Å². The summed E-state index contributed by atoms with van der Waals surface area (Å²) in [5.74, 6) is 0.737. The summed E-state index contributed by atoms with van der Waals surface area (Å²) in [5.41, 5.74) is 1.79. The molecule has 0 saturated carbocycles.